The van der Waals surface area contributed by atoms with E-state index >= 15 is 0 Å². The number of nitro groups is 1. The van der Waals surface area contributed by atoms with Crippen LogP contribution in [0.15, 0.2) is 52.0 Å². The number of carbonyl (C=O) groups excluding carboxylic acids is 2. The third kappa shape index (κ3) is 5.96. The molecule has 0 aliphatic carbocycles. The molecule has 0 radical (unpaired) electrons. The highest BCUT2D eigenvalue weighted by molar-refractivity contribution is 9.10. The number of hydrogen-bond acceptors (Lipinski definition) is 5. The van der Waals surface area contributed by atoms with Gasteiger partial charge in [0.25, 0.3) is 11.6 Å². The Hall–Kier alpha value is -3.14. The summed E-state index contributed by atoms with van der Waals surface area (Å²) >= 11 is 3.07. The molecule has 0 fully saturated rings. The molecular weight excluding hydrogens is 423 g/mol. The number of halogens is 2. The molecule has 0 spiro atoms. The van der Waals surface area contributed by atoms with Crippen LogP contribution in [-0.4, -0.2) is 29.5 Å². The number of amides is 2. The zero-order valence-electron chi connectivity index (χ0n) is 13.8. The van der Waals surface area contributed by atoms with Crippen LogP contribution in [0.25, 0.3) is 0 Å². The van der Waals surface area contributed by atoms with Gasteiger partial charge in [-0.2, -0.15) is 5.10 Å². The van der Waals surface area contributed by atoms with Crippen molar-refractivity contribution in [1.82, 2.24) is 10.7 Å². The molecular formula is C17H14BrFN4O4. The topological polar surface area (TPSA) is 114 Å². The van der Waals surface area contributed by atoms with Gasteiger partial charge in [0.1, 0.15) is 5.82 Å². The first-order valence-corrected chi connectivity index (χ1v) is 8.46. The van der Waals surface area contributed by atoms with E-state index in [2.05, 4.69) is 31.8 Å². The van der Waals surface area contributed by atoms with Gasteiger partial charge in [-0.3, -0.25) is 19.7 Å². The second-order valence-corrected chi connectivity index (χ2v) is 6.10. The van der Waals surface area contributed by atoms with Gasteiger partial charge in [-0.05, 0) is 34.1 Å². The van der Waals surface area contributed by atoms with Crippen molar-refractivity contribution in [2.45, 2.75) is 6.42 Å². The van der Waals surface area contributed by atoms with Crippen LogP contribution in [0.2, 0.25) is 0 Å². The molecule has 0 saturated carbocycles. The molecule has 2 aromatic carbocycles. The predicted molar refractivity (Wildman–Crippen MR) is 99.9 cm³/mol. The molecule has 0 atom stereocenters. The molecule has 8 nitrogen and oxygen atoms in total. The standard InChI is InChI=1S/C17H14BrFN4O4/c18-13-6-5-11(9-15(13)23(26)27)10-21-22-16(24)7-8-20-17(25)12-3-1-2-4-14(12)19/h1-6,9-10H,7-8H2,(H,20,25)(H,22,24). The van der Waals surface area contributed by atoms with Gasteiger partial charge in [-0.15, -0.1) is 0 Å². The summed E-state index contributed by atoms with van der Waals surface area (Å²) in [4.78, 5) is 33.8. The highest BCUT2D eigenvalue weighted by Gasteiger charge is 2.12. The summed E-state index contributed by atoms with van der Waals surface area (Å²) in [5.41, 5.74) is 2.44. The van der Waals surface area contributed by atoms with Crippen LogP contribution < -0.4 is 10.7 Å². The number of hydrazone groups is 1. The zero-order chi connectivity index (χ0) is 19.8. The van der Waals surface area contributed by atoms with Gasteiger partial charge in [-0.25, -0.2) is 9.82 Å². The smallest absolute Gasteiger partial charge is 0.284 e. The highest BCUT2D eigenvalue weighted by Crippen LogP contribution is 2.24. The van der Waals surface area contributed by atoms with Gasteiger partial charge < -0.3 is 5.32 Å². The Morgan fingerprint density at radius 2 is 2.00 bits per heavy atom. The molecule has 0 aromatic heterocycles. The van der Waals surface area contributed by atoms with Crippen molar-refractivity contribution in [1.29, 1.82) is 0 Å². The van der Waals surface area contributed by atoms with E-state index in [-0.39, 0.29) is 24.2 Å². The van der Waals surface area contributed by atoms with Gasteiger partial charge in [-0.1, -0.05) is 18.2 Å². The van der Waals surface area contributed by atoms with Crippen molar-refractivity contribution in [3.8, 4) is 0 Å². The van der Waals surface area contributed by atoms with Crippen molar-refractivity contribution in [3.63, 3.8) is 0 Å². The first kappa shape index (κ1) is 20.2. The minimum atomic E-state index is -0.646. The van der Waals surface area contributed by atoms with Crippen molar-refractivity contribution in [2.75, 3.05) is 6.54 Å². The van der Waals surface area contributed by atoms with Gasteiger partial charge in [0.2, 0.25) is 5.91 Å². The molecule has 27 heavy (non-hydrogen) atoms. The van der Waals surface area contributed by atoms with Gasteiger partial charge in [0.15, 0.2) is 0 Å². The lowest BCUT2D eigenvalue weighted by atomic mass is 10.2. The molecule has 0 aliphatic heterocycles. The van der Waals surface area contributed by atoms with Crippen LogP contribution in [0.4, 0.5) is 10.1 Å². The lowest BCUT2D eigenvalue weighted by molar-refractivity contribution is -0.385. The largest absolute Gasteiger partial charge is 0.351 e. The lowest BCUT2D eigenvalue weighted by Gasteiger charge is -2.05. The highest BCUT2D eigenvalue weighted by atomic mass is 79.9. The minimum absolute atomic E-state index is 0.00171. The van der Waals surface area contributed by atoms with E-state index in [9.17, 15) is 24.1 Å². The summed E-state index contributed by atoms with van der Waals surface area (Å²) in [7, 11) is 0. The summed E-state index contributed by atoms with van der Waals surface area (Å²) in [6, 6.07) is 9.90. The first-order valence-electron chi connectivity index (χ1n) is 7.67. The SMILES string of the molecule is O=C(CCNC(=O)c1ccccc1F)NN=Cc1ccc(Br)c([N+](=O)[O-])c1. The Bertz CT molecular complexity index is 904. The van der Waals surface area contributed by atoms with Crippen LogP contribution >= 0.6 is 15.9 Å². The van der Waals surface area contributed by atoms with Crippen molar-refractivity contribution < 1.29 is 18.9 Å². The number of nitrogens with one attached hydrogen (secondary N) is 2. The van der Waals surface area contributed by atoms with E-state index in [1.54, 1.807) is 6.07 Å². The normalized spacial score (nSPS) is 10.6. The molecule has 0 saturated heterocycles. The number of nitro benzene ring substituents is 1. The average molecular weight is 437 g/mol. The van der Waals surface area contributed by atoms with Gasteiger partial charge in [0, 0.05) is 24.6 Å². The number of carbonyl (C=O) groups is 2. The number of rotatable bonds is 7. The Kier molecular flexibility index (Phi) is 7.12. The van der Waals surface area contributed by atoms with Crippen LogP contribution in [0.3, 0.4) is 0 Å². The van der Waals surface area contributed by atoms with Crippen molar-refractivity contribution in [2.24, 2.45) is 5.10 Å². The quantitative estimate of drug-likeness (QED) is 0.394. The number of hydrogen-bond donors (Lipinski definition) is 2. The lowest BCUT2D eigenvalue weighted by Crippen LogP contribution is -2.29. The molecule has 0 heterocycles. The summed E-state index contributed by atoms with van der Waals surface area (Å²) in [6.45, 7) is -0.00171. The summed E-state index contributed by atoms with van der Waals surface area (Å²) in [6.07, 6.45) is 1.19. The fraction of sp³-hybridized carbons (Fsp3) is 0.118. The van der Waals surface area contributed by atoms with Crippen LogP contribution in [0.1, 0.15) is 22.3 Å². The van der Waals surface area contributed by atoms with Crippen molar-refractivity contribution in [3.05, 3.63) is 74.0 Å². The van der Waals surface area contributed by atoms with Crippen LogP contribution in [-0.2, 0) is 4.79 Å². The summed E-state index contributed by atoms with van der Waals surface area (Å²) in [5.74, 6) is -1.74. The molecule has 10 heteroatoms. The Morgan fingerprint density at radius 3 is 2.70 bits per heavy atom. The molecule has 0 unspecified atom stereocenters. The van der Waals surface area contributed by atoms with Gasteiger partial charge >= 0.3 is 0 Å². The number of benzene rings is 2. The predicted octanol–water partition coefficient (Wildman–Crippen LogP) is 2.77. The van der Waals surface area contributed by atoms with Gasteiger partial charge in [0.05, 0.1) is 21.2 Å². The average Bonchev–Trinajstić information content (AvgIpc) is 2.63. The fourth-order valence-electron chi connectivity index (χ4n) is 2.01. The van der Waals surface area contributed by atoms with E-state index in [1.165, 1.54) is 42.6 Å². The maximum absolute atomic E-state index is 13.5. The van der Waals surface area contributed by atoms with E-state index in [0.29, 0.717) is 10.0 Å². The molecule has 0 bridgehead atoms. The molecule has 2 N–H and O–H groups in total. The third-order valence-electron chi connectivity index (χ3n) is 3.33. The first-order chi connectivity index (χ1) is 12.9. The minimum Gasteiger partial charge on any atom is -0.351 e. The van der Waals surface area contributed by atoms with E-state index in [0.717, 1.165) is 0 Å². The maximum Gasteiger partial charge on any atom is 0.284 e. The van der Waals surface area contributed by atoms with Crippen molar-refractivity contribution >= 4 is 39.6 Å². The maximum atomic E-state index is 13.5. The molecule has 2 amide bonds. The fourth-order valence-corrected chi connectivity index (χ4v) is 2.41. The molecule has 2 aromatic rings. The molecule has 0 aliphatic rings. The summed E-state index contributed by atoms with van der Waals surface area (Å²) < 4.78 is 13.8. The zero-order valence-corrected chi connectivity index (χ0v) is 15.4. The summed E-state index contributed by atoms with van der Waals surface area (Å²) in [5, 5.41) is 17.0. The monoisotopic (exact) mass is 436 g/mol. The van der Waals surface area contributed by atoms with E-state index in [1.807, 2.05) is 0 Å². The van der Waals surface area contributed by atoms with Crippen LogP contribution in [0, 0.1) is 15.9 Å². The number of nitrogens with zero attached hydrogens (tertiary/aromatic N) is 2. The third-order valence-corrected chi connectivity index (χ3v) is 4.00. The Morgan fingerprint density at radius 1 is 1.26 bits per heavy atom. The second-order valence-electron chi connectivity index (χ2n) is 5.25. The Balaban J connectivity index is 1.80. The van der Waals surface area contributed by atoms with E-state index < -0.39 is 22.6 Å². The second kappa shape index (κ2) is 9.53. The van der Waals surface area contributed by atoms with E-state index in [4.69, 9.17) is 0 Å². The Labute approximate surface area is 161 Å². The molecule has 2 rings (SSSR count). The molecule has 140 valence electrons. The van der Waals surface area contributed by atoms with Crippen LogP contribution in [0.5, 0.6) is 0 Å².